The highest BCUT2D eigenvalue weighted by Crippen LogP contribution is 2.37. The van der Waals surface area contributed by atoms with Crippen LogP contribution in [0.2, 0.25) is 5.04 Å². The van der Waals surface area contributed by atoms with Crippen molar-refractivity contribution in [2.45, 2.75) is 45.6 Å². The second kappa shape index (κ2) is 7.13. The van der Waals surface area contributed by atoms with E-state index in [2.05, 4.69) is 45.0 Å². The van der Waals surface area contributed by atoms with Crippen LogP contribution in [0.3, 0.4) is 0 Å². The molecular weight excluding hydrogens is 300 g/mol. The first kappa shape index (κ1) is 17.5. The van der Waals surface area contributed by atoms with Crippen LogP contribution in [0.4, 0.5) is 0 Å². The lowest BCUT2D eigenvalue weighted by molar-refractivity contribution is -0.135. The van der Waals surface area contributed by atoms with Crippen molar-refractivity contribution in [1.29, 1.82) is 0 Å². The minimum absolute atomic E-state index is 0.0956. The van der Waals surface area contributed by atoms with E-state index in [1.807, 2.05) is 43.3 Å². The normalized spacial score (nSPS) is 12.0. The van der Waals surface area contributed by atoms with Gasteiger partial charge < -0.3 is 4.43 Å². The van der Waals surface area contributed by atoms with Gasteiger partial charge in [0.15, 0.2) is 0 Å². The van der Waals surface area contributed by atoms with Gasteiger partial charge in [-0.3, -0.25) is 4.79 Å². The zero-order valence-corrected chi connectivity index (χ0v) is 15.5. The lowest BCUT2D eigenvalue weighted by Gasteiger charge is -2.42. The van der Waals surface area contributed by atoms with Crippen LogP contribution < -0.4 is 10.4 Å². The molecule has 0 unspecified atom stereocenters. The van der Waals surface area contributed by atoms with Crippen LogP contribution in [0.25, 0.3) is 0 Å². The van der Waals surface area contributed by atoms with E-state index in [4.69, 9.17) is 4.43 Å². The summed E-state index contributed by atoms with van der Waals surface area (Å²) in [6, 6.07) is 20.5. The third-order valence-electron chi connectivity index (χ3n) is 4.14. The topological polar surface area (TPSA) is 26.3 Å². The minimum Gasteiger partial charge on any atom is -0.510 e. The molecule has 2 nitrogen and oxygen atoms in total. The van der Waals surface area contributed by atoms with E-state index in [-0.39, 0.29) is 11.0 Å². The second-order valence-corrected chi connectivity index (χ2v) is 11.1. The summed E-state index contributed by atoms with van der Waals surface area (Å²) in [4.78, 5) is 12.5. The van der Waals surface area contributed by atoms with Crippen molar-refractivity contribution in [3.05, 3.63) is 60.7 Å². The molecule has 0 saturated carbocycles. The largest absolute Gasteiger partial charge is 0.510 e. The molecule has 0 spiro atoms. The summed E-state index contributed by atoms with van der Waals surface area (Å²) in [5.41, 5.74) is 0. The molecule has 0 bridgehead atoms. The number of benzene rings is 2. The van der Waals surface area contributed by atoms with E-state index in [1.54, 1.807) is 0 Å². The Morgan fingerprint density at radius 2 is 1.35 bits per heavy atom. The molecular formula is C20H26O2Si. The molecule has 0 aliphatic rings. The molecule has 2 rings (SSSR count). The Labute approximate surface area is 140 Å². The van der Waals surface area contributed by atoms with Crippen LogP contribution in [0, 0.1) is 0 Å². The molecule has 2 aromatic carbocycles. The van der Waals surface area contributed by atoms with Gasteiger partial charge in [0.2, 0.25) is 0 Å². The van der Waals surface area contributed by atoms with Crippen LogP contribution >= 0.6 is 0 Å². The third kappa shape index (κ3) is 3.56. The Morgan fingerprint density at radius 1 is 0.913 bits per heavy atom. The standard InChI is InChI=1S/C20H26O2Si/c1-5-12-19(21)22-23(20(2,3)4,17-13-8-6-9-14-17)18-15-10-7-11-16-18/h6-11,13-16H,5,12H2,1-4H3. The highest BCUT2D eigenvalue weighted by atomic mass is 28.4. The summed E-state index contributed by atoms with van der Waals surface area (Å²) < 4.78 is 6.32. The molecule has 0 atom stereocenters. The third-order valence-corrected chi connectivity index (χ3v) is 9.08. The first-order valence-corrected chi connectivity index (χ1v) is 10.2. The van der Waals surface area contributed by atoms with Gasteiger partial charge >= 0.3 is 8.32 Å². The van der Waals surface area contributed by atoms with Crippen molar-refractivity contribution in [2.75, 3.05) is 0 Å². The quantitative estimate of drug-likeness (QED) is 0.779. The molecule has 0 saturated heterocycles. The highest BCUT2D eigenvalue weighted by Gasteiger charge is 2.52. The Hall–Kier alpha value is -1.87. The summed E-state index contributed by atoms with van der Waals surface area (Å²) in [6.45, 7) is 8.54. The molecule has 23 heavy (non-hydrogen) atoms. The Morgan fingerprint density at radius 3 is 1.70 bits per heavy atom. The zero-order valence-electron chi connectivity index (χ0n) is 14.5. The molecule has 0 heterocycles. The van der Waals surface area contributed by atoms with E-state index < -0.39 is 8.32 Å². The molecule has 0 aliphatic carbocycles. The maximum Gasteiger partial charge on any atom is 0.323 e. The fourth-order valence-corrected chi connectivity index (χ4v) is 7.45. The maximum absolute atomic E-state index is 12.5. The van der Waals surface area contributed by atoms with Crippen LogP contribution in [0.1, 0.15) is 40.5 Å². The van der Waals surface area contributed by atoms with Crippen molar-refractivity contribution in [3.8, 4) is 0 Å². The molecule has 0 fully saturated rings. The average Bonchev–Trinajstić information content (AvgIpc) is 2.53. The van der Waals surface area contributed by atoms with E-state index >= 15 is 0 Å². The van der Waals surface area contributed by atoms with E-state index in [0.717, 1.165) is 16.8 Å². The average molecular weight is 327 g/mol. The van der Waals surface area contributed by atoms with Crippen molar-refractivity contribution in [2.24, 2.45) is 0 Å². The van der Waals surface area contributed by atoms with Gasteiger partial charge in [-0.05, 0) is 21.8 Å². The molecule has 0 radical (unpaired) electrons. The first-order valence-electron chi connectivity index (χ1n) is 8.24. The zero-order chi connectivity index (χ0) is 16.9. The van der Waals surface area contributed by atoms with Crippen LogP contribution in [0.15, 0.2) is 60.7 Å². The van der Waals surface area contributed by atoms with Gasteiger partial charge in [-0.1, -0.05) is 88.4 Å². The maximum atomic E-state index is 12.5. The van der Waals surface area contributed by atoms with Gasteiger partial charge in [-0.15, -0.1) is 0 Å². The van der Waals surface area contributed by atoms with Crippen molar-refractivity contribution >= 4 is 24.7 Å². The Kier molecular flexibility index (Phi) is 5.42. The number of carbonyl (C=O) groups is 1. The summed E-state index contributed by atoms with van der Waals surface area (Å²) in [5, 5.41) is 2.13. The summed E-state index contributed by atoms with van der Waals surface area (Å²) in [5.74, 6) is -0.0956. The van der Waals surface area contributed by atoms with Gasteiger partial charge in [0, 0.05) is 6.42 Å². The molecule has 122 valence electrons. The molecule has 0 aliphatic heterocycles. The smallest absolute Gasteiger partial charge is 0.323 e. The van der Waals surface area contributed by atoms with Crippen LogP contribution in [-0.2, 0) is 9.22 Å². The molecule has 2 aromatic rings. The Balaban J connectivity index is 2.67. The monoisotopic (exact) mass is 326 g/mol. The fourth-order valence-electron chi connectivity index (χ4n) is 3.08. The lowest BCUT2D eigenvalue weighted by atomic mass is 10.2. The van der Waals surface area contributed by atoms with E-state index in [9.17, 15) is 4.79 Å². The van der Waals surface area contributed by atoms with E-state index in [1.165, 1.54) is 0 Å². The number of carbonyl (C=O) groups excluding carboxylic acids is 1. The summed E-state index contributed by atoms with van der Waals surface area (Å²) >= 11 is 0. The van der Waals surface area contributed by atoms with Crippen LogP contribution in [0.5, 0.6) is 0 Å². The second-order valence-electron chi connectivity index (χ2n) is 6.89. The molecule has 0 amide bonds. The first-order chi connectivity index (χ1) is 10.9. The molecule has 3 heteroatoms. The number of rotatable bonds is 5. The van der Waals surface area contributed by atoms with Gasteiger partial charge in [0.1, 0.15) is 0 Å². The van der Waals surface area contributed by atoms with Crippen molar-refractivity contribution in [1.82, 2.24) is 0 Å². The van der Waals surface area contributed by atoms with Gasteiger partial charge in [-0.25, -0.2) is 0 Å². The molecule has 0 N–H and O–H groups in total. The lowest BCUT2D eigenvalue weighted by Crippen LogP contribution is -2.67. The molecule has 0 aromatic heterocycles. The number of hydrogen-bond donors (Lipinski definition) is 0. The predicted molar refractivity (Wildman–Crippen MR) is 98.6 cm³/mol. The number of hydrogen-bond acceptors (Lipinski definition) is 2. The Bertz CT molecular complexity index is 590. The van der Waals surface area contributed by atoms with Crippen molar-refractivity contribution < 1.29 is 9.22 Å². The highest BCUT2D eigenvalue weighted by molar-refractivity contribution is 7.00. The minimum atomic E-state index is -2.70. The van der Waals surface area contributed by atoms with E-state index in [0.29, 0.717) is 6.42 Å². The SMILES string of the molecule is CCCC(=O)O[Si](c1ccccc1)(c1ccccc1)C(C)(C)C. The summed E-state index contributed by atoms with van der Waals surface area (Å²) in [6.07, 6.45) is 1.27. The van der Waals surface area contributed by atoms with Crippen LogP contribution in [-0.4, -0.2) is 14.3 Å². The predicted octanol–water partition coefficient (Wildman–Crippen LogP) is 3.89. The van der Waals surface area contributed by atoms with Crippen molar-refractivity contribution in [3.63, 3.8) is 0 Å². The van der Waals surface area contributed by atoms with Gasteiger partial charge in [0.05, 0.1) is 0 Å². The van der Waals surface area contributed by atoms with Gasteiger partial charge in [-0.2, -0.15) is 0 Å². The summed E-state index contributed by atoms with van der Waals surface area (Å²) in [7, 11) is -2.70. The van der Waals surface area contributed by atoms with Gasteiger partial charge in [0.25, 0.3) is 5.97 Å². The fraction of sp³-hybridized carbons (Fsp3) is 0.350.